The van der Waals surface area contributed by atoms with Crippen molar-refractivity contribution in [1.29, 1.82) is 0 Å². The molecular formula is C18H10Cl4N4O2. The van der Waals surface area contributed by atoms with Gasteiger partial charge in [0, 0.05) is 27.4 Å². The Morgan fingerprint density at radius 3 is 2.46 bits per heavy atom. The molecule has 2 aromatic carbocycles. The minimum absolute atomic E-state index is 0.356. The molecule has 28 heavy (non-hydrogen) atoms. The van der Waals surface area contributed by atoms with Crippen molar-refractivity contribution in [2.24, 2.45) is 0 Å². The highest BCUT2D eigenvalue weighted by molar-refractivity contribution is 6.44. The maximum absolute atomic E-state index is 6.35. The second-order valence-electron chi connectivity index (χ2n) is 5.79. The average Bonchev–Trinajstić information content (AvgIpc) is 3.33. The fourth-order valence-electron chi connectivity index (χ4n) is 2.88. The van der Waals surface area contributed by atoms with Gasteiger partial charge in [-0.15, -0.1) is 23.2 Å². The van der Waals surface area contributed by atoms with E-state index in [0.29, 0.717) is 55.1 Å². The molecular weight excluding hydrogens is 446 g/mol. The van der Waals surface area contributed by atoms with Crippen LogP contribution in [-0.2, 0) is 0 Å². The van der Waals surface area contributed by atoms with E-state index in [-0.39, 0.29) is 0 Å². The zero-order chi connectivity index (χ0) is 19.8. The molecule has 0 bridgehead atoms. The quantitative estimate of drug-likeness (QED) is 0.282. The van der Waals surface area contributed by atoms with Crippen LogP contribution < -0.4 is 5.73 Å². The Hall–Kier alpha value is -2.25. The number of benzene rings is 2. The van der Waals surface area contributed by atoms with Crippen LogP contribution in [0.2, 0.25) is 10.0 Å². The lowest BCUT2D eigenvalue weighted by atomic mass is 9.95. The van der Waals surface area contributed by atoms with Gasteiger partial charge in [-0.05, 0) is 29.8 Å². The Bertz CT molecular complexity index is 1140. The lowest BCUT2D eigenvalue weighted by molar-refractivity contribution is 0.418. The summed E-state index contributed by atoms with van der Waals surface area (Å²) in [6.45, 7) is 0. The van der Waals surface area contributed by atoms with Crippen LogP contribution in [0.1, 0.15) is 10.4 Å². The molecule has 0 saturated carbocycles. The Morgan fingerprint density at radius 1 is 0.964 bits per heavy atom. The van der Waals surface area contributed by atoms with Gasteiger partial charge in [-0.1, -0.05) is 39.6 Å². The summed E-state index contributed by atoms with van der Waals surface area (Å²) in [5, 5.41) is 8.87. The van der Waals surface area contributed by atoms with Crippen molar-refractivity contribution in [2.45, 2.75) is 4.84 Å². The number of hydrogen-bond acceptors (Lipinski definition) is 6. The second kappa shape index (κ2) is 7.64. The third-order valence-electron chi connectivity index (χ3n) is 4.08. The molecule has 10 heteroatoms. The topological polar surface area (TPSA) is 91.0 Å². The molecule has 2 N–H and O–H groups in total. The van der Waals surface area contributed by atoms with Crippen molar-refractivity contribution in [3.8, 4) is 33.8 Å². The largest absolute Gasteiger partial charge is 0.398 e. The molecule has 6 nitrogen and oxygen atoms in total. The van der Waals surface area contributed by atoms with E-state index in [1.165, 1.54) is 12.7 Å². The summed E-state index contributed by atoms with van der Waals surface area (Å²) >= 11 is 24.8. The predicted octanol–water partition coefficient (Wildman–Crippen LogP) is 6.42. The zero-order valence-corrected chi connectivity index (χ0v) is 16.9. The van der Waals surface area contributed by atoms with E-state index in [2.05, 4.69) is 15.3 Å². The third-order valence-corrected chi connectivity index (χ3v) is 5.10. The van der Waals surface area contributed by atoms with Gasteiger partial charge in [0.2, 0.25) is 12.2 Å². The summed E-state index contributed by atoms with van der Waals surface area (Å²) in [5.74, 6) is 0.356. The summed E-state index contributed by atoms with van der Waals surface area (Å²) in [5.41, 5.74) is 10.1. The molecule has 4 aromatic rings. The average molecular weight is 456 g/mol. The fourth-order valence-corrected chi connectivity index (χ4v) is 3.73. The van der Waals surface area contributed by atoms with Crippen molar-refractivity contribution in [1.82, 2.24) is 15.3 Å². The van der Waals surface area contributed by atoms with Gasteiger partial charge in [0.25, 0.3) is 0 Å². The zero-order valence-electron chi connectivity index (χ0n) is 13.9. The van der Waals surface area contributed by atoms with Gasteiger partial charge in [0.15, 0.2) is 0 Å². The van der Waals surface area contributed by atoms with Crippen molar-refractivity contribution in [2.75, 3.05) is 5.73 Å². The van der Waals surface area contributed by atoms with E-state index < -0.39 is 4.84 Å². The maximum Gasteiger partial charge on any atom is 0.214 e. The molecule has 0 aliphatic rings. The maximum atomic E-state index is 6.35. The van der Waals surface area contributed by atoms with E-state index in [0.717, 1.165) is 0 Å². The monoisotopic (exact) mass is 454 g/mol. The second-order valence-corrected chi connectivity index (χ2v) is 7.73. The Morgan fingerprint density at radius 2 is 1.79 bits per heavy atom. The number of anilines is 1. The van der Waals surface area contributed by atoms with Gasteiger partial charge < -0.3 is 14.8 Å². The van der Waals surface area contributed by atoms with Gasteiger partial charge in [-0.25, -0.2) is 0 Å². The molecule has 0 aliphatic carbocycles. The number of nitrogens with two attached hydrogens (primary N) is 1. The molecule has 0 amide bonds. The first kappa shape index (κ1) is 19.1. The number of nitrogens with zero attached hydrogens (tertiary/aromatic N) is 3. The predicted molar refractivity (Wildman–Crippen MR) is 110 cm³/mol. The minimum Gasteiger partial charge on any atom is -0.398 e. The van der Waals surface area contributed by atoms with Gasteiger partial charge in [0.05, 0.1) is 10.6 Å². The Kier molecular flexibility index (Phi) is 5.21. The van der Waals surface area contributed by atoms with Crippen molar-refractivity contribution in [3.05, 3.63) is 58.6 Å². The third kappa shape index (κ3) is 3.44. The molecule has 2 aromatic heterocycles. The smallest absolute Gasteiger partial charge is 0.214 e. The molecule has 0 radical (unpaired) electrons. The standard InChI is InChI=1S/C18H10Cl4N4O2/c19-9-1-2-10(13(20)5-9)12-6-27-25-16(12)15-11(17(21)22)3-8(4-14(15)23)18-24-7-28-26-18/h1-7,17H,23H2. The van der Waals surface area contributed by atoms with Gasteiger partial charge in [-0.2, -0.15) is 4.98 Å². The molecule has 0 unspecified atom stereocenters. The Balaban J connectivity index is 1.92. The summed E-state index contributed by atoms with van der Waals surface area (Å²) < 4.78 is 10.00. The first-order valence-electron chi connectivity index (χ1n) is 7.84. The number of halogens is 4. The Labute approximate surface area is 179 Å². The van der Waals surface area contributed by atoms with Gasteiger partial charge in [0.1, 0.15) is 16.8 Å². The fraction of sp³-hybridized carbons (Fsp3) is 0.0556. The van der Waals surface area contributed by atoms with Crippen molar-refractivity contribution >= 4 is 52.1 Å². The minimum atomic E-state index is -0.894. The van der Waals surface area contributed by atoms with E-state index in [9.17, 15) is 0 Å². The molecule has 0 atom stereocenters. The number of hydrogen-bond donors (Lipinski definition) is 1. The molecule has 2 heterocycles. The van der Waals surface area contributed by atoms with E-state index in [4.69, 9.17) is 61.2 Å². The summed E-state index contributed by atoms with van der Waals surface area (Å²) in [6, 6.07) is 8.52. The summed E-state index contributed by atoms with van der Waals surface area (Å²) in [4.78, 5) is 3.13. The first-order chi connectivity index (χ1) is 13.5. The highest BCUT2D eigenvalue weighted by atomic mass is 35.5. The van der Waals surface area contributed by atoms with Crippen LogP contribution in [0.15, 0.2) is 52.0 Å². The van der Waals surface area contributed by atoms with E-state index >= 15 is 0 Å². The first-order valence-corrected chi connectivity index (χ1v) is 9.47. The van der Waals surface area contributed by atoms with Gasteiger partial charge >= 0.3 is 0 Å². The van der Waals surface area contributed by atoms with Gasteiger partial charge in [-0.3, -0.25) is 0 Å². The molecule has 0 aliphatic heterocycles. The molecule has 4 rings (SSSR count). The number of aromatic nitrogens is 3. The van der Waals surface area contributed by atoms with E-state index in [1.54, 1.807) is 30.3 Å². The lowest BCUT2D eigenvalue weighted by Crippen LogP contribution is -1.99. The number of alkyl halides is 2. The summed E-state index contributed by atoms with van der Waals surface area (Å²) in [6.07, 6.45) is 2.69. The number of rotatable bonds is 4. The highest BCUT2D eigenvalue weighted by Gasteiger charge is 2.24. The van der Waals surface area contributed by atoms with Crippen LogP contribution in [0, 0.1) is 0 Å². The van der Waals surface area contributed by atoms with Crippen LogP contribution in [-0.4, -0.2) is 15.3 Å². The highest BCUT2D eigenvalue weighted by Crippen LogP contribution is 2.44. The van der Waals surface area contributed by atoms with Crippen LogP contribution in [0.25, 0.3) is 33.8 Å². The molecule has 0 fully saturated rings. The lowest BCUT2D eigenvalue weighted by Gasteiger charge is -2.14. The number of nitrogen functional groups attached to an aromatic ring is 1. The van der Waals surface area contributed by atoms with Crippen molar-refractivity contribution < 1.29 is 9.05 Å². The molecule has 0 spiro atoms. The SMILES string of the molecule is Nc1cc(-c2ncon2)cc(C(Cl)Cl)c1-c1nocc1-c1ccc(Cl)cc1Cl. The molecule has 142 valence electrons. The van der Waals surface area contributed by atoms with Crippen LogP contribution >= 0.6 is 46.4 Å². The van der Waals surface area contributed by atoms with E-state index in [1.807, 2.05) is 0 Å². The summed E-state index contributed by atoms with van der Waals surface area (Å²) in [7, 11) is 0. The van der Waals surface area contributed by atoms with Crippen LogP contribution in [0.4, 0.5) is 5.69 Å². The molecule has 0 saturated heterocycles. The van der Waals surface area contributed by atoms with Crippen molar-refractivity contribution in [3.63, 3.8) is 0 Å². The van der Waals surface area contributed by atoms with Crippen LogP contribution in [0.3, 0.4) is 0 Å². The normalized spacial score (nSPS) is 11.3. The van der Waals surface area contributed by atoms with Crippen LogP contribution in [0.5, 0.6) is 0 Å².